The van der Waals surface area contributed by atoms with Gasteiger partial charge in [-0.2, -0.15) is 0 Å². The Hall–Kier alpha value is -0.660. The molecule has 6 nitrogen and oxygen atoms in total. The normalized spacial score (nSPS) is 23.6. The summed E-state index contributed by atoms with van der Waals surface area (Å²) in [4.78, 5) is 11.8. The number of ether oxygens (including phenoxy) is 1. The van der Waals surface area contributed by atoms with Crippen LogP contribution in [0.15, 0.2) is 0 Å². The van der Waals surface area contributed by atoms with Crippen LogP contribution in [-0.4, -0.2) is 57.2 Å². The first kappa shape index (κ1) is 15.4. The van der Waals surface area contributed by atoms with Crippen molar-refractivity contribution in [3.05, 3.63) is 0 Å². The van der Waals surface area contributed by atoms with Crippen molar-refractivity contribution in [2.24, 2.45) is 0 Å². The molecule has 2 unspecified atom stereocenters. The fourth-order valence-corrected chi connectivity index (χ4v) is 3.03. The second kappa shape index (κ2) is 6.49. The summed E-state index contributed by atoms with van der Waals surface area (Å²) in [5, 5.41) is 2.85. The molecule has 0 spiro atoms. The molecule has 0 aromatic heterocycles. The molecule has 1 fully saturated rings. The molecule has 1 amide bonds. The number of amides is 1. The predicted octanol–water partition coefficient (Wildman–Crippen LogP) is -0.0484. The van der Waals surface area contributed by atoms with Crippen LogP contribution in [0, 0.1) is 0 Å². The van der Waals surface area contributed by atoms with Crippen molar-refractivity contribution in [1.29, 1.82) is 0 Å². The lowest BCUT2D eigenvalue weighted by Gasteiger charge is -2.32. The van der Waals surface area contributed by atoms with E-state index in [1.54, 1.807) is 0 Å². The van der Waals surface area contributed by atoms with Crippen LogP contribution in [0.2, 0.25) is 0 Å². The second-order valence-corrected chi connectivity index (χ2v) is 6.58. The van der Waals surface area contributed by atoms with E-state index < -0.39 is 16.1 Å². The molecule has 1 aliphatic rings. The number of carbonyl (C=O) groups is 1. The molecule has 0 aromatic rings. The van der Waals surface area contributed by atoms with E-state index >= 15 is 0 Å². The molecule has 1 N–H and O–H groups in total. The van der Waals surface area contributed by atoms with Crippen LogP contribution >= 0.6 is 0 Å². The minimum absolute atomic E-state index is 0.120. The second-order valence-electron chi connectivity index (χ2n) is 4.60. The Morgan fingerprint density at radius 3 is 2.72 bits per heavy atom. The largest absolute Gasteiger partial charge is 0.372 e. The van der Waals surface area contributed by atoms with Crippen molar-refractivity contribution in [2.75, 3.05) is 26.5 Å². The lowest BCUT2D eigenvalue weighted by Crippen LogP contribution is -2.51. The number of piperidine rings is 1. The fourth-order valence-electron chi connectivity index (χ4n) is 2.11. The number of rotatable bonds is 5. The highest BCUT2D eigenvalue weighted by atomic mass is 32.2. The van der Waals surface area contributed by atoms with E-state index in [9.17, 15) is 13.2 Å². The third kappa shape index (κ3) is 4.22. The van der Waals surface area contributed by atoms with Gasteiger partial charge in [0.15, 0.2) is 0 Å². The molecule has 0 radical (unpaired) electrons. The number of methoxy groups -OCH3 is 1. The van der Waals surface area contributed by atoms with Crippen LogP contribution in [0.4, 0.5) is 0 Å². The maximum absolute atomic E-state index is 11.8. The molecule has 1 rings (SSSR count). The average Bonchev–Trinajstić information content (AvgIpc) is 2.29. The third-order valence-corrected chi connectivity index (χ3v) is 4.42. The van der Waals surface area contributed by atoms with E-state index in [-0.39, 0.29) is 11.9 Å². The molecular weight excluding hydrogens is 256 g/mol. The van der Waals surface area contributed by atoms with Crippen molar-refractivity contribution in [1.82, 2.24) is 9.62 Å². The Labute approximate surface area is 109 Å². The molecular formula is C11H22N2O4S. The Morgan fingerprint density at radius 2 is 2.22 bits per heavy atom. The van der Waals surface area contributed by atoms with Gasteiger partial charge in [-0.15, -0.1) is 0 Å². The van der Waals surface area contributed by atoms with Gasteiger partial charge in [0.25, 0.3) is 0 Å². The SMILES string of the molecule is CCC(OC)C(=O)NC1CCCN(S(C)(=O)=O)C1. The van der Waals surface area contributed by atoms with Gasteiger partial charge in [0.1, 0.15) is 6.10 Å². The molecule has 0 saturated carbocycles. The van der Waals surface area contributed by atoms with Crippen molar-refractivity contribution >= 4 is 15.9 Å². The zero-order valence-electron chi connectivity index (χ0n) is 11.2. The van der Waals surface area contributed by atoms with E-state index in [4.69, 9.17) is 4.74 Å². The number of nitrogens with zero attached hydrogens (tertiary/aromatic N) is 1. The molecule has 1 aliphatic heterocycles. The number of nitrogens with one attached hydrogen (secondary N) is 1. The van der Waals surface area contributed by atoms with E-state index in [0.717, 1.165) is 12.8 Å². The van der Waals surface area contributed by atoms with Gasteiger partial charge in [-0.05, 0) is 19.3 Å². The standard InChI is InChI=1S/C11H22N2O4S/c1-4-10(17-2)11(14)12-9-6-5-7-13(8-9)18(3,15)16/h9-10H,4-8H2,1-3H3,(H,12,14). The average molecular weight is 278 g/mol. The first-order valence-electron chi connectivity index (χ1n) is 6.16. The minimum Gasteiger partial charge on any atom is -0.372 e. The van der Waals surface area contributed by atoms with Crippen LogP contribution < -0.4 is 5.32 Å². The summed E-state index contributed by atoms with van der Waals surface area (Å²) in [6.07, 6.45) is 2.91. The molecule has 7 heteroatoms. The molecule has 106 valence electrons. The van der Waals surface area contributed by atoms with Gasteiger partial charge >= 0.3 is 0 Å². The number of sulfonamides is 1. The highest BCUT2D eigenvalue weighted by molar-refractivity contribution is 7.88. The van der Waals surface area contributed by atoms with Gasteiger partial charge in [0, 0.05) is 26.2 Å². The highest BCUT2D eigenvalue weighted by Gasteiger charge is 2.28. The predicted molar refractivity (Wildman–Crippen MR) is 68.7 cm³/mol. The lowest BCUT2D eigenvalue weighted by molar-refractivity contribution is -0.132. The number of hydrogen-bond donors (Lipinski definition) is 1. The van der Waals surface area contributed by atoms with Gasteiger partial charge in [-0.25, -0.2) is 12.7 Å². The molecule has 1 heterocycles. The zero-order chi connectivity index (χ0) is 13.8. The van der Waals surface area contributed by atoms with E-state index in [1.807, 2.05) is 6.92 Å². The number of carbonyl (C=O) groups excluding carboxylic acids is 1. The molecule has 1 saturated heterocycles. The van der Waals surface area contributed by atoms with Crippen LogP contribution in [0.5, 0.6) is 0 Å². The Morgan fingerprint density at radius 1 is 1.56 bits per heavy atom. The van der Waals surface area contributed by atoms with Gasteiger partial charge in [0.2, 0.25) is 15.9 Å². The summed E-state index contributed by atoms with van der Waals surface area (Å²) < 4.78 is 29.4. The maximum Gasteiger partial charge on any atom is 0.249 e. The summed E-state index contributed by atoms with van der Waals surface area (Å²) in [6, 6.07) is -0.120. The lowest BCUT2D eigenvalue weighted by atomic mass is 10.1. The maximum atomic E-state index is 11.8. The molecule has 0 bridgehead atoms. The van der Waals surface area contributed by atoms with E-state index in [1.165, 1.54) is 17.7 Å². The van der Waals surface area contributed by atoms with Crippen LogP contribution in [-0.2, 0) is 19.6 Å². The molecule has 0 aromatic carbocycles. The van der Waals surface area contributed by atoms with E-state index in [2.05, 4.69) is 5.32 Å². The Bertz CT molecular complexity index is 379. The number of hydrogen-bond acceptors (Lipinski definition) is 4. The van der Waals surface area contributed by atoms with Crippen LogP contribution in [0.1, 0.15) is 26.2 Å². The molecule has 2 atom stereocenters. The minimum atomic E-state index is -3.18. The summed E-state index contributed by atoms with van der Waals surface area (Å²) in [6.45, 7) is 2.76. The van der Waals surface area contributed by atoms with Crippen molar-refractivity contribution in [3.63, 3.8) is 0 Å². The van der Waals surface area contributed by atoms with E-state index in [0.29, 0.717) is 19.5 Å². The van der Waals surface area contributed by atoms with Crippen molar-refractivity contribution < 1.29 is 17.9 Å². The van der Waals surface area contributed by atoms with Gasteiger partial charge in [0.05, 0.1) is 6.26 Å². The summed E-state index contributed by atoms with van der Waals surface area (Å²) in [5.74, 6) is -0.166. The third-order valence-electron chi connectivity index (χ3n) is 3.15. The fraction of sp³-hybridized carbons (Fsp3) is 0.909. The summed E-state index contributed by atoms with van der Waals surface area (Å²) in [5.41, 5.74) is 0. The van der Waals surface area contributed by atoms with Gasteiger partial charge in [-0.3, -0.25) is 4.79 Å². The Kier molecular flexibility index (Phi) is 5.55. The highest BCUT2D eigenvalue weighted by Crippen LogP contribution is 2.13. The van der Waals surface area contributed by atoms with Crippen LogP contribution in [0.3, 0.4) is 0 Å². The molecule has 18 heavy (non-hydrogen) atoms. The van der Waals surface area contributed by atoms with Crippen LogP contribution in [0.25, 0.3) is 0 Å². The van der Waals surface area contributed by atoms with Crippen molar-refractivity contribution in [2.45, 2.75) is 38.3 Å². The first-order valence-corrected chi connectivity index (χ1v) is 8.01. The smallest absolute Gasteiger partial charge is 0.249 e. The van der Waals surface area contributed by atoms with Gasteiger partial charge in [-0.1, -0.05) is 6.92 Å². The summed E-state index contributed by atoms with van der Waals surface area (Å²) >= 11 is 0. The zero-order valence-corrected chi connectivity index (χ0v) is 12.0. The first-order chi connectivity index (χ1) is 8.38. The van der Waals surface area contributed by atoms with Gasteiger partial charge < -0.3 is 10.1 Å². The summed E-state index contributed by atoms with van der Waals surface area (Å²) in [7, 11) is -1.68. The topological polar surface area (TPSA) is 75.7 Å². The quantitative estimate of drug-likeness (QED) is 0.765. The monoisotopic (exact) mass is 278 g/mol. The Balaban J connectivity index is 2.55. The molecule has 0 aliphatic carbocycles. The van der Waals surface area contributed by atoms with Crippen molar-refractivity contribution in [3.8, 4) is 0 Å².